The normalized spacial score (nSPS) is 33.6. The molecule has 0 saturated heterocycles. The molecule has 4 aliphatic rings. The van der Waals surface area contributed by atoms with Crippen LogP contribution in [0.5, 0.6) is 11.5 Å². The molecule has 4 nitrogen and oxygen atoms in total. The Morgan fingerprint density at radius 2 is 1.46 bits per heavy atom. The van der Waals surface area contributed by atoms with E-state index in [0.29, 0.717) is 28.9 Å². The second-order valence-electron chi connectivity index (χ2n) is 10.5. The zero-order chi connectivity index (χ0) is 20.3. The summed E-state index contributed by atoms with van der Waals surface area (Å²) in [6, 6.07) is 5.21. The molecule has 4 saturated carbocycles. The molecule has 4 heteroatoms. The molecule has 0 heterocycles. The third kappa shape index (κ3) is 3.46. The van der Waals surface area contributed by atoms with Crippen LogP contribution in [0, 0.1) is 29.1 Å². The Bertz CT molecular complexity index is 773. The molecule has 4 bridgehead atoms. The van der Waals surface area contributed by atoms with Gasteiger partial charge in [-0.2, -0.15) is 0 Å². The van der Waals surface area contributed by atoms with Gasteiger partial charge in [-0.05, 0) is 103 Å². The summed E-state index contributed by atoms with van der Waals surface area (Å²) in [4.78, 5) is 24.4. The van der Waals surface area contributed by atoms with Crippen molar-refractivity contribution in [2.24, 2.45) is 29.1 Å². The van der Waals surface area contributed by atoms with Crippen LogP contribution in [0.4, 0.5) is 0 Å². The van der Waals surface area contributed by atoms with Crippen molar-refractivity contribution >= 4 is 11.8 Å². The van der Waals surface area contributed by atoms with Crippen molar-refractivity contribution < 1.29 is 19.1 Å². The summed E-state index contributed by atoms with van der Waals surface area (Å²) in [5.74, 6) is 3.52. The zero-order valence-electron chi connectivity index (χ0n) is 17.7. The van der Waals surface area contributed by atoms with E-state index in [-0.39, 0.29) is 17.4 Å². The van der Waals surface area contributed by atoms with Crippen LogP contribution >= 0.6 is 0 Å². The van der Waals surface area contributed by atoms with Crippen molar-refractivity contribution in [3.63, 3.8) is 0 Å². The first-order chi connectivity index (χ1) is 13.0. The van der Waals surface area contributed by atoms with Crippen molar-refractivity contribution in [2.45, 2.75) is 72.3 Å². The Labute approximate surface area is 168 Å². The fourth-order valence-corrected chi connectivity index (χ4v) is 5.69. The topological polar surface area (TPSA) is 52.6 Å². The highest BCUT2D eigenvalue weighted by Crippen LogP contribution is 2.59. The van der Waals surface area contributed by atoms with Gasteiger partial charge < -0.3 is 9.47 Å². The second kappa shape index (κ2) is 6.60. The van der Waals surface area contributed by atoms with Gasteiger partial charge in [-0.1, -0.05) is 0 Å². The first-order valence-corrected chi connectivity index (χ1v) is 10.6. The van der Waals surface area contributed by atoms with Crippen molar-refractivity contribution in [3.8, 4) is 11.5 Å². The van der Waals surface area contributed by atoms with Crippen LogP contribution < -0.4 is 9.47 Å². The van der Waals surface area contributed by atoms with E-state index in [1.807, 2.05) is 20.8 Å². The van der Waals surface area contributed by atoms with Crippen molar-refractivity contribution in [3.05, 3.63) is 23.8 Å². The van der Waals surface area contributed by atoms with Crippen molar-refractivity contribution in [1.29, 1.82) is 0 Å². The molecule has 0 N–H and O–H groups in total. The van der Waals surface area contributed by atoms with Crippen LogP contribution in [0.25, 0.3) is 0 Å². The Kier molecular flexibility index (Phi) is 4.59. The predicted octanol–water partition coefficient (Wildman–Crippen LogP) is 5.43. The van der Waals surface area contributed by atoms with Gasteiger partial charge in [-0.3, -0.25) is 9.59 Å². The standard InChI is InChI=1S/C24H32O4/c1-14(25)17-11-20(27-22(26)23(2,3)4)13-21(12-17)28-24(5)18-7-15-6-16(9-18)10-19(24)8-15/h11-13,15-16,18-19H,6-10H2,1-5H3. The maximum absolute atomic E-state index is 12.3. The third-order valence-corrected chi connectivity index (χ3v) is 7.21. The van der Waals surface area contributed by atoms with E-state index in [0.717, 1.165) is 11.8 Å². The monoisotopic (exact) mass is 384 g/mol. The molecule has 1 aromatic carbocycles. The molecule has 4 fully saturated rings. The fraction of sp³-hybridized carbons (Fsp3) is 0.667. The van der Waals surface area contributed by atoms with Gasteiger partial charge in [-0.15, -0.1) is 0 Å². The predicted molar refractivity (Wildman–Crippen MR) is 108 cm³/mol. The van der Waals surface area contributed by atoms with Gasteiger partial charge in [-0.25, -0.2) is 0 Å². The van der Waals surface area contributed by atoms with Crippen LogP contribution in [0.15, 0.2) is 18.2 Å². The lowest BCUT2D eigenvalue weighted by atomic mass is 9.50. The summed E-state index contributed by atoms with van der Waals surface area (Å²) >= 11 is 0. The SMILES string of the molecule is CC(=O)c1cc(OC(=O)C(C)(C)C)cc(OC2(C)C3CC4CC(C3)CC2C4)c1. The van der Waals surface area contributed by atoms with Crippen molar-refractivity contribution in [1.82, 2.24) is 0 Å². The van der Waals surface area contributed by atoms with Gasteiger partial charge in [0, 0.05) is 11.6 Å². The highest BCUT2D eigenvalue weighted by atomic mass is 16.5. The number of esters is 1. The van der Waals surface area contributed by atoms with Crippen LogP contribution in [0.3, 0.4) is 0 Å². The molecular formula is C24H32O4. The van der Waals surface area contributed by atoms with Gasteiger partial charge >= 0.3 is 5.97 Å². The van der Waals surface area contributed by atoms with E-state index >= 15 is 0 Å². The number of hydrogen-bond donors (Lipinski definition) is 0. The Hall–Kier alpha value is -1.84. The van der Waals surface area contributed by atoms with Gasteiger partial charge in [0.25, 0.3) is 0 Å². The van der Waals surface area contributed by atoms with Crippen LogP contribution in [-0.2, 0) is 4.79 Å². The Morgan fingerprint density at radius 1 is 0.929 bits per heavy atom. The second-order valence-corrected chi connectivity index (χ2v) is 10.5. The molecule has 152 valence electrons. The van der Waals surface area contributed by atoms with E-state index in [1.54, 1.807) is 18.2 Å². The fourth-order valence-electron chi connectivity index (χ4n) is 5.69. The zero-order valence-corrected chi connectivity index (χ0v) is 17.7. The van der Waals surface area contributed by atoms with Gasteiger partial charge in [0.1, 0.15) is 17.1 Å². The number of Topliss-reactive ketones (excluding diaryl/α,β-unsaturated/α-hetero) is 1. The average Bonchev–Trinajstić information content (AvgIpc) is 2.58. The van der Waals surface area contributed by atoms with E-state index in [4.69, 9.17) is 9.47 Å². The number of rotatable bonds is 4. The quantitative estimate of drug-likeness (QED) is 0.394. The van der Waals surface area contributed by atoms with E-state index in [1.165, 1.54) is 39.0 Å². The van der Waals surface area contributed by atoms with E-state index in [2.05, 4.69) is 6.92 Å². The molecule has 0 aromatic heterocycles. The molecular weight excluding hydrogens is 352 g/mol. The number of carbonyl (C=O) groups excluding carboxylic acids is 2. The molecule has 0 radical (unpaired) electrons. The third-order valence-electron chi connectivity index (χ3n) is 7.21. The smallest absolute Gasteiger partial charge is 0.316 e. The summed E-state index contributed by atoms with van der Waals surface area (Å²) < 4.78 is 12.2. The molecule has 28 heavy (non-hydrogen) atoms. The van der Waals surface area contributed by atoms with E-state index in [9.17, 15) is 9.59 Å². The maximum Gasteiger partial charge on any atom is 0.316 e. The molecule has 0 atom stereocenters. The Balaban J connectivity index is 1.62. The summed E-state index contributed by atoms with van der Waals surface area (Å²) in [7, 11) is 0. The minimum Gasteiger partial charge on any atom is -0.487 e. The summed E-state index contributed by atoms with van der Waals surface area (Å²) in [5.41, 5.74) is -0.295. The number of hydrogen-bond acceptors (Lipinski definition) is 4. The number of carbonyl (C=O) groups is 2. The minimum absolute atomic E-state index is 0.0613. The molecule has 0 aliphatic heterocycles. The minimum atomic E-state index is -0.610. The summed E-state index contributed by atoms with van der Waals surface area (Å²) in [5, 5.41) is 0. The molecule has 0 unspecified atom stereocenters. The summed E-state index contributed by atoms with van der Waals surface area (Å²) in [6.07, 6.45) is 6.41. The maximum atomic E-state index is 12.3. The first-order valence-electron chi connectivity index (χ1n) is 10.6. The lowest BCUT2D eigenvalue weighted by Gasteiger charge is -2.59. The van der Waals surface area contributed by atoms with E-state index < -0.39 is 5.41 Å². The number of ether oxygens (including phenoxy) is 2. The van der Waals surface area contributed by atoms with Crippen LogP contribution in [-0.4, -0.2) is 17.4 Å². The lowest BCUT2D eigenvalue weighted by Crippen LogP contribution is -2.59. The summed E-state index contributed by atoms with van der Waals surface area (Å²) in [6.45, 7) is 9.23. The Morgan fingerprint density at radius 3 is 1.96 bits per heavy atom. The largest absolute Gasteiger partial charge is 0.487 e. The molecule has 1 aromatic rings. The van der Waals surface area contributed by atoms with Gasteiger partial charge in [0.05, 0.1) is 5.41 Å². The van der Waals surface area contributed by atoms with Crippen LogP contribution in [0.2, 0.25) is 0 Å². The number of ketones is 1. The molecule has 5 rings (SSSR count). The first kappa shape index (κ1) is 19.5. The molecule has 0 amide bonds. The number of benzene rings is 1. The highest BCUT2D eigenvalue weighted by molar-refractivity contribution is 5.95. The average molecular weight is 385 g/mol. The molecule has 0 spiro atoms. The highest BCUT2D eigenvalue weighted by Gasteiger charge is 2.56. The lowest BCUT2D eigenvalue weighted by molar-refractivity contribution is -0.145. The van der Waals surface area contributed by atoms with Gasteiger partial charge in [0.2, 0.25) is 0 Å². The van der Waals surface area contributed by atoms with Crippen LogP contribution in [0.1, 0.15) is 77.1 Å². The van der Waals surface area contributed by atoms with Gasteiger partial charge in [0.15, 0.2) is 5.78 Å². The van der Waals surface area contributed by atoms with Crippen molar-refractivity contribution in [2.75, 3.05) is 0 Å². The molecule has 4 aliphatic carbocycles.